The maximum Gasteiger partial charge on any atom is 0.0555 e. The van der Waals surface area contributed by atoms with Crippen molar-refractivity contribution >= 4 is 0 Å². The van der Waals surface area contributed by atoms with Crippen molar-refractivity contribution in [3.05, 3.63) is 12.2 Å². The highest BCUT2D eigenvalue weighted by molar-refractivity contribution is 4.81. The molecule has 0 aliphatic heterocycles. The standard InChI is InChI=1S/C22H46N2O/c1-2-3-4-5-6-7-8-9-10-11-12-13-14-15-16-17-18-23-19-20-24-21-22-25/h9-10,23-25H,2-8,11-22H2,1H3/b10-9-. The lowest BCUT2D eigenvalue weighted by Crippen LogP contribution is -2.29. The lowest BCUT2D eigenvalue weighted by atomic mass is 10.1. The topological polar surface area (TPSA) is 44.3 Å². The van der Waals surface area contributed by atoms with Gasteiger partial charge >= 0.3 is 0 Å². The third-order valence-corrected chi connectivity index (χ3v) is 4.63. The molecule has 0 radical (unpaired) electrons. The smallest absolute Gasteiger partial charge is 0.0555 e. The van der Waals surface area contributed by atoms with E-state index in [-0.39, 0.29) is 6.61 Å². The van der Waals surface area contributed by atoms with Crippen molar-refractivity contribution in [3.8, 4) is 0 Å². The van der Waals surface area contributed by atoms with E-state index < -0.39 is 0 Å². The number of nitrogens with one attached hydrogen (secondary N) is 2. The van der Waals surface area contributed by atoms with Crippen LogP contribution in [0.2, 0.25) is 0 Å². The van der Waals surface area contributed by atoms with Gasteiger partial charge in [-0.05, 0) is 38.6 Å². The average molecular weight is 355 g/mol. The number of allylic oxidation sites excluding steroid dienone is 2. The highest BCUT2D eigenvalue weighted by Crippen LogP contribution is 2.09. The second kappa shape index (κ2) is 23.6. The van der Waals surface area contributed by atoms with Crippen LogP contribution in [0.5, 0.6) is 0 Å². The van der Waals surface area contributed by atoms with Crippen LogP contribution in [-0.4, -0.2) is 37.9 Å². The van der Waals surface area contributed by atoms with Gasteiger partial charge in [-0.2, -0.15) is 0 Å². The zero-order valence-electron chi connectivity index (χ0n) is 17.0. The van der Waals surface area contributed by atoms with Gasteiger partial charge in [0.25, 0.3) is 0 Å². The van der Waals surface area contributed by atoms with Crippen LogP contribution < -0.4 is 10.6 Å². The largest absolute Gasteiger partial charge is 0.395 e. The molecular weight excluding hydrogens is 308 g/mol. The van der Waals surface area contributed by atoms with Crippen LogP contribution in [0.4, 0.5) is 0 Å². The zero-order valence-corrected chi connectivity index (χ0v) is 17.0. The fraction of sp³-hybridized carbons (Fsp3) is 0.909. The van der Waals surface area contributed by atoms with Gasteiger partial charge in [-0.3, -0.25) is 0 Å². The summed E-state index contributed by atoms with van der Waals surface area (Å²) in [5.74, 6) is 0. The number of aliphatic hydroxyl groups excluding tert-OH is 1. The van der Waals surface area contributed by atoms with E-state index in [1.165, 1.54) is 89.9 Å². The van der Waals surface area contributed by atoms with E-state index in [4.69, 9.17) is 5.11 Å². The molecule has 0 amide bonds. The van der Waals surface area contributed by atoms with Gasteiger partial charge in [0.15, 0.2) is 0 Å². The lowest BCUT2D eigenvalue weighted by molar-refractivity contribution is 0.292. The van der Waals surface area contributed by atoms with E-state index >= 15 is 0 Å². The van der Waals surface area contributed by atoms with Gasteiger partial charge in [0.05, 0.1) is 6.61 Å². The van der Waals surface area contributed by atoms with E-state index in [0.717, 1.165) is 19.6 Å². The Morgan fingerprint density at radius 2 is 1.04 bits per heavy atom. The number of hydrogen-bond donors (Lipinski definition) is 3. The molecule has 0 bridgehead atoms. The van der Waals surface area contributed by atoms with Crippen molar-refractivity contribution < 1.29 is 5.11 Å². The molecule has 150 valence electrons. The molecule has 0 spiro atoms. The molecule has 0 atom stereocenters. The number of unbranched alkanes of at least 4 members (excludes halogenated alkanes) is 12. The summed E-state index contributed by atoms with van der Waals surface area (Å²) in [5, 5.41) is 15.3. The van der Waals surface area contributed by atoms with Crippen LogP contribution in [0.3, 0.4) is 0 Å². The van der Waals surface area contributed by atoms with Crippen molar-refractivity contribution in [2.75, 3.05) is 32.8 Å². The van der Waals surface area contributed by atoms with E-state index in [0.29, 0.717) is 6.54 Å². The van der Waals surface area contributed by atoms with Gasteiger partial charge in [-0.1, -0.05) is 76.9 Å². The minimum absolute atomic E-state index is 0.231. The summed E-state index contributed by atoms with van der Waals surface area (Å²) >= 11 is 0. The number of hydrogen-bond acceptors (Lipinski definition) is 3. The Kier molecular flexibility index (Phi) is 23.3. The SMILES string of the molecule is CCCCCCCC/C=C\CCCCCCCCNCCNCCO. The zero-order chi connectivity index (χ0) is 18.3. The van der Waals surface area contributed by atoms with E-state index in [9.17, 15) is 0 Å². The Balaban J connectivity index is 3.03. The number of rotatable bonds is 21. The second-order valence-electron chi connectivity index (χ2n) is 7.16. The molecule has 0 aromatic heterocycles. The molecule has 0 saturated heterocycles. The summed E-state index contributed by atoms with van der Waals surface area (Å²) in [6, 6.07) is 0. The first-order valence-electron chi connectivity index (χ1n) is 11.1. The Morgan fingerprint density at radius 3 is 1.60 bits per heavy atom. The first kappa shape index (κ1) is 24.6. The van der Waals surface area contributed by atoms with Gasteiger partial charge < -0.3 is 15.7 Å². The Hall–Kier alpha value is -0.380. The van der Waals surface area contributed by atoms with E-state index in [1.54, 1.807) is 0 Å². The van der Waals surface area contributed by atoms with Gasteiger partial charge in [-0.25, -0.2) is 0 Å². The third kappa shape index (κ3) is 23.6. The fourth-order valence-electron chi connectivity index (χ4n) is 3.00. The van der Waals surface area contributed by atoms with Gasteiger partial charge in [-0.15, -0.1) is 0 Å². The van der Waals surface area contributed by atoms with E-state index in [2.05, 4.69) is 29.7 Å². The molecule has 0 aliphatic carbocycles. The minimum Gasteiger partial charge on any atom is -0.395 e. The Labute approximate surface area is 158 Å². The third-order valence-electron chi connectivity index (χ3n) is 4.63. The Bertz CT molecular complexity index is 256. The first-order valence-corrected chi connectivity index (χ1v) is 11.1. The molecule has 0 heterocycles. The van der Waals surface area contributed by atoms with Gasteiger partial charge in [0.2, 0.25) is 0 Å². The van der Waals surface area contributed by atoms with Crippen LogP contribution in [0.25, 0.3) is 0 Å². The highest BCUT2D eigenvalue weighted by Gasteiger charge is 1.92. The molecule has 3 nitrogen and oxygen atoms in total. The summed E-state index contributed by atoms with van der Waals surface area (Å²) in [6.07, 6.45) is 23.9. The first-order chi connectivity index (χ1) is 12.4. The van der Waals surface area contributed by atoms with Crippen LogP contribution >= 0.6 is 0 Å². The van der Waals surface area contributed by atoms with E-state index in [1.807, 2.05) is 0 Å². The summed E-state index contributed by atoms with van der Waals surface area (Å²) < 4.78 is 0. The molecule has 0 saturated carbocycles. The normalized spacial score (nSPS) is 11.6. The molecule has 0 aromatic carbocycles. The molecule has 0 fully saturated rings. The number of aliphatic hydroxyl groups is 1. The van der Waals surface area contributed by atoms with Crippen molar-refractivity contribution in [2.24, 2.45) is 0 Å². The van der Waals surface area contributed by atoms with Crippen LogP contribution in [0.1, 0.15) is 96.8 Å². The molecular formula is C22H46N2O. The maximum atomic E-state index is 8.64. The Morgan fingerprint density at radius 1 is 0.560 bits per heavy atom. The molecule has 0 aromatic rings. The molecule has 0 rings (SSSR count). The van der Waals surface area contributed by atoms with Crippen LogP contribution in [0, 0.1) is 0 Å². The monoisotopic (exact) mass is 354 g/mol. The summed E-state index contributed by atoms with van der Waals surface area (Å²) in [7, 11) is 0. The average Bonchev–Trinajstić information content (AvgIpc) is 2.63. The highest BCUT2D eigenvalue weighted by atomic mass is 16.3. The van der Waals surface area contributed by atoms with Crippen molar-refractivity contribution in [1.82, 2.24) is 10.6 Å². The molecule has 0 aliphatic rings. The second-order valence-corrected chi connectivity index (χ2v) is 7.16. The summed E-state index contributed by atoms with van der Waals surface area (Å²) in [6.45, 7) is 6.30. The van der Waals surface area contributed by atoms with Gasteiger partial charge in [0.1, 0.15) is 0 Å². The van der Waals surface area contributed by atoms with Crippen molar-refractivity contribution in [3.63, 3.8) is 0 Å². The summed E-state index contributed by atoms with van der Waals surface area (Å²) in [5.41, 5.74) is 0. The molecule has 3 N–H and O–H groups in total. The van der Waals surface area contributed by atoms with Gasteiger partial charge in [0, 0.05) is 19.6 Å². The quantitative estimate of drug-likeness (QED) is 0.196. The predicted molar refractivity (Wildman–Crippen MR) is 112 cm³/mol. The van der Waals surface area contributed by atoms with Crippen LogP contribution in [0.15, 0.2) is 12.2 Å². The maximum absolute atomic E-state index is 8.64. The lowest BCUT2D eigenvalue weighted by Gasteiger charge is -2.05. The predicted octanol–water partition coefficient (Wildman–Crippen LogP) is 5.20. The summed E-state index contributed by atoms with van der Waals surface area (Å²) in [4.78, 5) is 0. The van der Waals surface area contributed by atoms with Crippen LogP contribution in [-0.2, 0) is 0 Å². The molecule has 25 heavy (non-hydrogen) atoms. The fourth-order valence-corrected chi connectivity index (χ4v) is 3.00. The molecule has 0 unspecified atom stereocenters. The minimum atomic E-state index is 0.231. The van der Waals surface area contributed by atoms with Crippen molar-refractivity contribution in [1.29, 1.82) is 0 Å². The molecule has 3 heteroatoms. The van der Waals surface area contributed by atoms with Crippen molar-refractivity contribution in [2.45, 2.75) is 96.8 Å².